The molecule has 0 fully saturated rings. The molecule has 2 unspecified atom stereocenters. The van der Waals surface area contributed by atoms with Gasteiger partial charge in [0.2, 0.25) is 0 Å². The standard InChI is InChI=1S/C12H24O3/c1-4-6-7-11(5-2)9-15-12(14)10(3)8-13/h10-11,13H,4-9H2,1-3H3. The van der Waals surface area contributed by atoms with Crippen molar-refractivity contribution in [1.82, 2.24) is 0 Å². The number of unbranched alkanes of at least 4 members (excludes halogenated alkanes) is 1. The van der Waals surface area contributed by atoms with Gasteiger partial charge in [-0.25, -0.2) is 0 Å². The van der Waals surface area contributed by atoms with Gasteiger partial charge in [-0.2, -0.15) is 0 Å². The summed E-state index contributed by atoms with van der Waals surface area (Å²) in [5.41, 5.74) is 0. The Morgan fingerprint density at radius 3 is 2.53 bits per heavy atom. The van der Waals surface area contributed by atoms with Gasteiger partial charge in [-0.05, 0) is 19.3 Å². The van der Waals surface area contributed by atoms with Crippen molar-refractivity contribution in [2.45, 2.75) is 46.5 Å². The van der Waals surface area contributed by atoms with E-state index in [1.807, 2.05) is 0 Å². The molecular formula is C12H24O3. The van der Waals surface area contributed by atoms with Crippen LogP contribution in [0.2, 0.25) is 0 Å². The molecule has 0 rings (SSSR count). The van der Waals surface area contributed by atoms with Crippen LogP contribution in [0.4, 0.5) is 0 Å². The van der Waals surface area contributed by atoms with Crippen LogP contribution in [0.3, 0.4) is 0 Å². The Labute approximate surface area is 92.8 Å². The van der Waals surface area contributed by atoms with E-state index in [-0.39, 0.29) is 12.6 Å². The van der Waals surface area contributed by atoms with Crippen molar-refractivity contribution >= 4 is 5.97 Å². The Hall–Kier alpha value is -0.570. The number of rotatable bonds is 8. The maximum atomic E-state index is 11.3. The smallest absolute Gasteiger partial charge is 0.310 e. The molecule has 0 aliphatic rings. The lowest BCUT2D eigenvalue weighted by Crippen LogP contribution is -2.21. The van der Waals surface area contributed by atoms with Crippen LogP contribution in [0.15, 0.2) is 0 Å². The Morgan fingerprint density at radius 2 is 2.07 bits per heavy atom. The zero-order valence-electron chi connectivity index (χ0n) is 10.2. The number of ether oxygens (including phenoxy) is 1. The van der Waals surface area contributed by atoms with Gasteiger partial charge in [-0.1, -0.05) is 33.1 Å². The van der Waals surface area contributed by atoms with Gasteiger partial charge < -0.3 is 9.84 Å². The zero-order chi connectivity index (χ0) is 11.7. The van der Waals surface area contributed by atoms with E-state index in [1.165, 1.54) is 12.8 Å². The van der Waals surface area contributed by atoms with E-state index >= 15 is 0 Å². The first kappa shape index (κ1) is 14.4. The van der Waals surface area contributed by atoms with E-state index in [2.05, 4.69) is 13.8 Å². The maximum absolute atomic E-state index is 11.3. The number of aliphatic hydroxyl groups excluding tert-OH is 1. The number of hydrogen-bond acceptors (Lipinski definition) is 3. The number of hydrogen-bond donors (Lipinski definition) is 1. The second kappa shape index (κ2) is 8.72. The molecule has 0 saturated heterocycles. The summed E-state index contributed by atoms with van der Waals surface area (Å²) >= 11 is 0. The molecule has 0 radical (unpaired) electrons. The summed E-state index contributed by atoms with van der Waals surface area (Å²) in [6.07, 6.45) is 4.53. The molecule has 0 heterocycles. The van der Waals surface area contributed by atoms with E-state index in [9.17, 15) is 4.79 Å². The molecule has 2 atom stereocenters. The molecule has 0 bridgehead atoms. The predicted molar refractivity (Wildman–Crippen MR) is 60.5 cm³/mol. The van der Waals surface area contributed by atoms with Gasteiger partial charge in [0.05, 0.1) is 19.1 Å². The molecule has 0 aromatic heterocycles. The highest BCUT2D eigenvalue weighted by Gasteiger charge is 2.15. The Morgan fingerprint density at radius 1 is 1.40 bits per heavy atom. The summed E-state index contributed by atoms with van der Waals surface area (Å²) in [6.45, 7) is 6.32. The van der Waals surface area contributed by atoms with Crippen molar-refractivity contribution < 1.29 is 14.6 Å². The van der Waals surface area contributed by atoms with Gasteiger partial charge >= 0.3 is 5.97 Å². The molecular weight excluding hydrogens is 192 g/mol. The van der Waals surface area contributed by atoms with Crippen LogP contribution in [0, 0.1) is 11.8 Å². The molecule has 15 heavy (non-hydrogen) atoms. The molecule has 0 saturated carbocycles. The van der Waals surface area contributed by atoms with E-state index in [0.717, 1.165) is 12.8 Å². The summed E-state index contributed by atoms with van der Waals surface area (Å²) in [6, 6.07) is 0. The van der Waals surface area contributed by atoms with Gasteiger partial charge in [0.15, 0.2) is 0 Å². The molecule has 0 amide bonds. The summed E-state index contributed by atoms with van der Waals surface area (Å²) in [5.74, 6) is -0.207. The monoisotopic (exact) mass is 216 g/mol. The first-order valence-corrected chi connectivity index (χ1v) is 5.93. The van der Waals surface area contributed by atoms with Crippen molar-refractivity contribution in [2.75, 3.05) is 13.2 Å². The van der Waals surface area contributed by atoms with Gasteiger partial charge in [-0.3, -0.25) is 4.79 Å². The highest BCUT2D eigenvalue weighted by Crippen LogP contribution is 2.13. The van der Waals surface area contributed by atoms with Crippen molar-refractivity contribution in [2.24, 2.45) is 11.8 Å². The van der Waals surface area contributed by atoms with Crippen molar-refractivity contribution in [3.05, 3.63) is 0 Å². The highest BCUT2D eigenvalue weighted by molar-refractivity contribution is 5.72. The topological polar surface area (TPSA) is 46.5 Å². The first-order chi connectivity index (χ1) is 7.15. The summed E-state index contributed by atoms with van der Waals surface area (Å²) in [7, 11) is 0. The van der Waals surface area contributed by atoms with Gasteiger partial charge in [-0.15, -0.1) is 0 Å². The van der Waals surface area contributed by atoms with Crippen LogP contribution in [0.5, 0.6) is 0 Å². The minimum atomic E-state index is -0.395. The lowest BCUT2D eigenvalue weighted by Gasteiger charge is -2.16. The third-order valence-electron chi connectivity index (χ3n) is 2.68. The average molecular weight is 216 g/mol. The van der Waals surface area contributed by atoms with Crippen LogP contribution in [-0.4, -0.2) is 24.3 Å². The van der Waals surface area contributed by atoms with E-state index in [1.54, 1.807) is 6.92 Å². The van der Waals surface area contributed by atoms with Gasteiger partial charge in [0.1, 0.15) is 0 Å². The first-order valence-electron chi connectivity index (χ1n) is 5.93. The van der Waals surface area contributed by atoms with Crippen LogP contribution >= 0.6 is 0 Å². The third-order valence-corrected chi connectivity index (χ3v) is 2.68. The predicted octanol–water partition coefficient (Wildman–Crippen LogP) is 2.37. The van der Waals surface area contributed by atoms with Crippen LogP contribution in [-0.2, 0) is 9.53 Å². The van der Waals surface area contributed by atoms with Crippen molar-refractivity contribution in [1.29, 1.82) is 0 Å². The molecule has 1 N–H and O–H groups in total. The van der Waals surface area contributed by atoms with Crippen molar-refractivity contribution in [3.63, 3.8) is 0 Å². The van der Waals surface area contributed by atoms with Gasteiger partial charge in [0, 0.05) is 0 Å². The van der Waals surface area contributed by atoms with E-state index < -0.39 is 5.92 Å². The quantitative estimate of drug-likeness (QED) is 0.634. The zero-order valence-corrected chi connectivity index (χ0v) is 10.2. The average Bonchev–Trinajstić information content (AvgIpc) is 2.27. The number of aliphatic hydroxyl groups is 1. The lowest BCUT2D eigenvalue weighted by atomic mass is 10.0. The number of carbonyl (C=O) groups is 1. The molecule has 0 aliphatic heterocycles. The Bertz CT molecular complexity index is 168. The fourth-order valence-electron chi connectivity index (χ4n) is 1.31. The Balaban J connectivity index is 3.74. The molecule has 3 nitrogen and oxygen atoms in total. The molecule has 0 aromatic rings. The summed E-state index contributed by atoms with van der Waals surface area (Å²) in [4.78, 5) is 11.3. The molecule has 0 aromatic carbocycles. The SMILES string of the molecule is CCCCC(CC)COC(=O)C(C)CO. The fraction of sp³-hybridized carbons (Fsp3) is 0.917. The molecule has 90 valence electrons. The molecule has 0 aliphatic carbocycles. The van der Waals surface area contributed by atoms with Crippen molar-refractivity contribution in [3.8, 4) is 0 Å². The number of carbonyl (C=O) groups excluding carboxylic acids is 1. The fourth-order valence-corrected chi connectivity index (χ4v) is 1.31. The largest absolute Gasteiger partial charge is 0.465 e. The normalized spacial score (nSPS) is 14.7. The minimum absolute atomic E-state index is 0.134. The highest BCUT2D eigenvalue weighted by atomic mass is 16.5. The maximum Gasteiger partial charge on any atom is 0.310 e. The minimum Gasteiger partial charge on any atom is -0.465 e. The third kappa shape index (κ3) is 6.50. The molecule has 3 heteroatoms. The van der Waals surface area contributed by atoms with Crippen LogP contribution in [0.1, 0.15) is 46.5 Å². The second-order valence-electron chi connectivity index (χ2n) is 4.13. The van der Waals surface area contributed by atoms with Crippen LogP contribution < -0.4 is 0 Å². The summed E-state index contributed by atoms with van der Waals surface area (Å²) < 4.78 is 5.15. The van der Waals surface area contributed by atoms with E-state index in [4.69, 9.17) is 9.84 Å². The van der Waals surface area contributed by atoms with Crippen LogP contribution in [0.25, 0.3) is 0 Å². The second-order valence-corrected chi connectivity index (χ2v) is 4.13. The van der Waals surface area contributed by atoms with E-state index in [0.29, 0.717) is 12.5 Å². The molecule has 0 spiro atoms. The Kier molecular flexibility index (Phi) is 8.38. The lowest BCUT2D eigenvalue weighted by molar-refractivity contribution is -0.150. The van der Waals surface area contributed by atoms with Gasteiger partial charge in [0.25, 0.3) is 0 Å². The number of esters is 1. The summed E-state index contributed by atoms with van der Waals surface area (Å²) in [5, 5.41) is 8.77.